The molecule has 5 heterocycles. The average molecular weight is 869 g/mol. The lowest BCUT2D eigenvalue weighted by Crippen LogP contribution is -3.18. The molecule has 0 amide bonds. The van der Waals surface area contributed by atoms with Crippen LogP contribution >= 0.6 is 0 Å². The van der Waals surface area contributed by atoms with Gasteiger partial charge in [-0.1, -0.05) is 39.3 Å². The maximum atomic E-state index is 11.6. The third-order valence-electron chi connectivity index (χ3n) is 18.3. The quantitative estimate of drug-likeness (QED) is 0.128. The summed E-state index contributed by atoms with van der Waals surface area (Å²) >= 11 is 0. The van der Waals surface area contributed by atoms with Crippen molar-refractivity contribution in [1.29, 1.82) is 0 Å². The molecule has 3 saturated carbocycles. The number of rotatable bonds is 8. The largest absolute Gasteiger partial charge is 0.394 e. The van der Waals surface area contributed by atoms with E-state index in [0.29, 0.717) is 36.0 Å². The van der Waals surface area contributed by atoms with E-state index < -0.39 is 105 Å². The fourth-order valence-electron chi connectivity index (χ4n) is 15.0. The van der Waals surface area contributed by atoms with Crippen LogP contribution in [0.15, 0.2) is 11.6 Å². The van der Waals surface area contributed by atoms with Crippen LogP contribution in [0.5, 0.6) is 0 Å². The Labute approximate surface area is 359 Å². The molecule has 16 nitrogen and oxygen atoms in total. The molecule has 0 aromatic rings. The van der Waals surface area contributed by atoms with Crippen molar-refractivity contribution in [3.63, 3.8) is 0 Å². The van der Waals surface area contributed by atoms with Gasteiger partial charge in [0.25, 0.3) is 0 Å². The lowest BCUT2D eigenvalue weighted by Gasteiger charge is -2.58. The van der Waals surface area contributed by atoms with Crippen molar-refractivity contribution in [2.75, 3.05) is 19.8 Å². The van der Waals surface area contributed by atoms with E-state index >= 15 is 0 Å². The molecule has 16 heteroatoms. The fraction of sp³-hybridized carbons (Fsp3) is 0.956. The van der Waals surface area contributed by atoms with Crippen molar-refractivity contribution in [2.45, 2.75) is 203 Å². The molecule has 27 atom stereocenters. The first-order chi connectivity index (χ1) is 29.0. The third-order valence-corrected chi connectivity index (χ3v) is 18.3. The first kappa shape index (κ1) is 45.3. The van der Waals surface area contributed by atoms with Crippen molar-refractivity contribution in [1.82, 2.24) is 0 Å². The van der Waals surface area contributed by atoms with Crippen molar-refractivity contribution < 1.29 is 79.3 Å². The summed E-state index contributed by atoms with van der Waals surface area (Å²) in [5.41, 5.74) is 1.75. The van der Waals surface area contributed by atoms with Gasteiger partial charge in [-0.25, -0.2) is 0 Å². The number of ether oxygens (including phenoxy) is 6. The Bertz CT molecular complexity index is 1590. The van der Waals surface area contributed by atoms with Gasteiger partial charge in [-0.3, -0.25) is 0 Å². The summed E-state index contributed by atoms with van der Waals surface area (Å²) < 4.78 is 36.8. The topological polar surface area (TPSA) is 242 Å². The number of hydrogen-bond donors (Lipinski definition) is 10. The van der Waals surface area contributed by atoms with E-state index in [4.69, 9.17) is 28.4 Å². The van der Waals surface area contributed by atoms with Gasteiger partial charge in [0.15, 0.2) is 18.9 Å². The summed E-state index contributed by atoms with van der Waals surface area (Å²) in [5, 5.41) is 95.8. The Morgan fingerprint density at radius 2 is 1.33 bits per heavy atom. The molecule has 10 N–H and O–H groups in total. The van der Waals surface area contributed by atoms with E-state index in [0.717, 1.165) is 42.7 Å². The van der Waals surface area contributed by atoms with E-state index in [1.165, 1.54) is 51.1 Å². The zero-order chi connectivity index (χ0) is 43.4. The molecular weight excluding hydrogens is 794 g/mol. The first-order valence-corrected chi connectivity index (χ1v) is 23.5. The summed E-state index contributed by atoms with van der Waals surface area (Å²) in [7, 11) is 0. The van der Waals surface area contributed by atoms with E-state index in [9.17, 15) is 46.0 Å². The number of fused-ring (bicyclic) bond motifs is 9. The maximum absolute atomic E-state index is 11.6. The summed E-state index contributed by atoms with van der Waals surface area (Å²) in [4.78, 5) is 1.91. The molecule has 5 aliphatic heterocycles. The minimum Gasteiger partial charge on any atom is -0.394 e. The number of allylic oxidation sites excluding steroid dienone is 1. The van der Waals surface area contributed by atoms with Gasteiger partial charge < -0.3 is 79.3 Å². The lowest BCUT2D eigenvalue weighted by atomic mass is 9.47. The predicted octanol–water partition coefficient (Wildman–Crippen LogP) is -1.26. The molecule has 5 saturated heterocycles. The molecule has 1 unspecified atom stereocenters. The highest BCUT2D eigenvalue weighted by atomic mass is 16.8. The minimum absolute atomic E-state index is 0.0114. The molecule has 0 spiro atoms. The molecule has 0 aromatic heterocycles. The van der Waals surface area contributed by atoms with Gasteiger partial charge in [-0.2, -0.15) is 0 Å². The molecule has 0 aromatic carbocycles. The molecule has 348 valence electrons. The van der Waals surface area contributed by atoms with Crippen LogP contribution in [0, 0.1) is 46.3 Å². The summed E-state index contributed by atoms with van der Waals surface area (Å²) in [6, 6.07) is 1.59. The van der Waals surface area contributed by atoms with E-state index in [1.54, 1.807) is 0 Å². The summed E-state index contributed by atoms with van der Waals surface area (Å²) in [6.07, 6.45) is -10.9. The highest BCUT2D eigenvalue weighted by Crippen LogP contribution is 2.68. The Morgan fingerprint density at radius 1 is 0.672 bits per heavy atom. The highest BCUT2D eigenvalue weighted by molar-refractivity contribution is 5.26. The molecule has 4 aliphatic carbocycles. The van der Waals surface area contributed by atoms with Crippen LogP contribution in [0.4, 0.5) is 0 Å². The van der Waals surface area contributed by atoms with Crippen molar-refractivity contribution >= 4 is 0 Å². The monoisotopic (exact) mass is 869 g/mol. The van der Waals surface area contributed by atoms with Gasteiger partial charge in [0.2, 0.25) is 0 Å². The van der Waals surface area contributed by atoms with Crippen LogP contribution in [-0.4, -0.2) is 176 Å². The predicted molar refractivity (Wildman–Crippen MR) is 214 cm³/mol. The SMILES string of the molecule is C[C@H]1CC[C@@H]2[C@@H](C)[C@H]3[C@H](C[C@H]4[C@@H]5CC=C6C[C@@H](O[C@@H]7O[C@H](CO)[C@H](O)[C@H](O[C@@H]8O[C@H](CO)[C@@H](O)[C@H](O)[C@H]8O)[C@H]7O[C@@H]7O[C@@H](C)[C@H](O)[C@@H](O)[C@H]7O)CC[C@]6(C)[C@H]5CC[C@]34C)[NH+]2C1. The average Bonchev–Trinajstić information content (AvgIpc) is 3.71. The maximum Gasteiger partial charge on any atom is 0.187 e. The smallest absolute Gasteiger partial charge is 0.187 e. The van der Waals surface area contributed by atoms with E-state index in [-0.39, 0.29) is 11.5 Å². The van der Waals surface area contributed by atoms with Crippen LogP contribution in [0.2, 0.25) is 0 Å². The molecule has 0 bridgehead atoms. The van der Waals surface area contributed by atoms with Gasteiger partial charge in [0.05, 0.1) is 44.1 Å². The first-order valence-electron chi connectivity index (χ1n) is 23.5. The number of aliphatic hydroxyl groups excluding tert-OH is 9. The molecule has 0 radical (unpaired) electrons. The number of aliphatic hydroxyl groups is 9. The van der Waals surface area contributed by atoms with Crippen LogP contribution in [0.3, 0.4) is 0 Å². The molecule has 9 aliphatic rings. The second-order valence-corrected chi connectivity index (χ2v) is 21.4. The number of nitrogens with one attached hydrogen (secondary N) is 1. The molecule has 8 fully saturated rings. The standard InChI is InChI=1S/C45H73NO15/c1-19-6-9-27-20(2)31-28(46(27)16-19)15-26-24-8-7-22-14-23(10-12-44(22,4)25(24)11-13-45(26,31)5)57-43-40(61-41-37(54)35(52)32(49)21(3)56-41)39(34(51)30(18-48)59-43)60-42-38(55)36(53)33(50)29(17-47)58-42/h7,19-21,23-43,47-55H,6,8-18H2,1-5H3/p+1/t19-,20+,21-,23-,24+,25-,26-,27+,28-,29+,30+,31-,32-,33+,34-,35+,36-,37+,38+,39-,40+,41-,42-,43+,44-,45-/m0/s1. The molecule has 61 heavy (non-hydrogen) atoms. The summed E-state index contributed by atoms with van der Waals surface area (Å²) in [5.74, 6) is 4.31. The Morgan fingerprint density at radius 3 is 2.05 bits per heavy atom. The second-order valence-electron chi connectivity index (χ2n) is 21.4. The van der Waals surface area contributed by atoms with E-state index in [1.807, 2.05) is 4.90 Å². The second kappa shape index (κ2) is 17.1. The van der Waals surface area contributed by atoms with Gasteiger partial charge in [-0.05, 0) is 80.5 Å². The zero-order valence-electron chi connectivity index (χ0n) is 36.4. The zero-order valence-corrected chi connectivity index (χ0v) is 36.4. The van der Waals surface area contributed by atoms with E-state index in [2.05, 4.69) is 33.8 Å². The Kier molecular flexibility index (Phi) is 12.7. The highest BCUT2D eigenvalue weighted by Gasteiger charge is 2.69. The van der Waals surface area contributed by atoms with Gasteiger partial charge in [0, 0.05) is 30.6 Å². The normalized spacial score (nSPS) is 58.2. The van der Waals surface area contributed by atoms with Gasteiger partial charge in [0.1, 0.15) is 67.1 Å². The van der Waals surface area contributed by atoms with Gasteiger partial charge in [-0.15, -0.1) is 0 Å². The number of quaternary nitrogens is 1. The Balaban J connectivity index is 0.952. The lowest BCUT2D eigenvalue weighted by molar-refractivity contribution is -0.946. The van der Waals surface area contributed by atoms with Crippen molar-refractivity contribution in [3.05, 3.63) is 11.6 Å². The molecular formula is C45H74NO15+. The van der Waals surface area contributed by atoms with Crippen LogP contribution in [-0.2, 0) is 28.4 Å². The van der Waals surface area contributed by atoms with Gasteiger partial charge >= 0.3 is 0 Å². The number of piperidine rings is 1. The fourth-order valence-corrected chi connectivity index (χ4v) is 15.0. The molecule has 9 rings (SSSR count). The van der Waals surface area contributed by atoms with Crippen LogP contribution in [0.25, 0.3) is 0 Å². The van der Waals surface area contributed by atoms with Crippen molar-refractivity contribution in [3.8, 4) is 0 Å². The third kappa shape index (κ3) is 7.42. The summed E-state index contributed by atoms with van der Waals surface area (Å²) in [6.45, 7) is 11.6. The van der Waals surface area contributed by atoms with Crippen LogP contribution in [0.1, 0.15) is 92.4 Å². The Hall–Kier alpha value is -0.900. The van der Waals surface area contributed by atoms with Crippen LogP contribution < -0.4 is 4.90 Å². The minimum atomic E-state index is -1.83. The van der Waals surface area contributed by atoms with Crippen molar-refractivity contribution in [2.24, 2.45) is 46.3 Å². The number of hydrogen-bond acceptors (Lipinski definition) is 15.